The lowest BCUT2D eigenvalue weighted by Crippen LogP contribution is -2.37. The van der Waals surface area contributed by atoms with Gasteiger partial charge in [0.25, 0.3) is 0 Å². The molecule has 1 saturated heterocycles. The first kappa shape index (κ1) is 18.6. The van der Waals surface area contributed by atoms with Gasteiger partial charge in [0.15, 0.2) is 0 Å². The zero-order valence-corrected chi connectivity index (χ0v) is 14.5. The summed E-state index contributed by atoms with van der Waals surface area (Å²) in [7, 11) is 2.99. The monoisotopic (exact) mass is 349 g/mol. The third-order valence-electron chi connectivity index (χ3n) is 3.92. The fourth-order valence-corrected chi connectivity index (χ4v) is 2.57. The van der Waals surface area contributed by atoms with Crippen LogP contribution >= 0.6 is 0 Å². The van der Waals surface area contributed by atoms with E-state index in [1.807, 2.05) is 0 Å². The Kier molecular flexibility index (Phi) is 6.62. The van der Waals surface area contributed by atoms with E-state index in [1.165, 1.54) is 14.2 Å². The molecule has 136 valence electrons. The van der Waals surface area contributed by atoms with Crippen molar-refractivity contribution < 1.29 is 23.9 Å². The van der Waals surface area contributed by atoms with Crippen molar-refractivity contribution in [1.29, 1.82) is 0 Å². The van der Waals surface area contributed by atoms with Crippen molar-refractivity contribution in [1.82, 2.24) is 10.2 Å². The number of hydrogen-bond acceptors (Lipinski definition) is 5. The minimum absolute atomic E-state index is 0.149. The van der Waals surface area contributed by atoms with Crippen LogP contribution in [-0.2, 0) is 14.4 Å². The fraction of sp³-hybridized carbons (Fsp3) is 0.471. The van der Waals surface area contributed by atoms with E-state index in [1.54, 1.807) is 23.1 Å². The lowest BCUT2D eigenvalue weighted by Gasteiger charge is -2.15. The summed E-state index contributed by atoms with van der Waals surface area (Å²) in [6, 6.07) is 4.87. The van der Waals surface area contributed by atoms with Gasteiger partial charge in [-0.3, -0.25) is 14.4 Å². The Balaban J connectivity index is 1.78. The molecule has 1 aliphatic rings. The standard InChI is InChI=1S/C17H23N3O5/c1-24-12-6-7-13(14(11-12)25-2)19-17(23)16(22)18-8-4-10-20-9-3-5-15(20)21/h6-7,11H,3-5,8-10H2,1-2H3,(H,18,22)(H,19,23). The second-order valence-electron chi connectivity index (χ2n) is 5.61. The van der Waals surface area contributed by atoms with Crippen LogP contribution in [0.1, 0.15) is 19.3 Å². The molecule has 0 unspecified atom stereocenters. The van der Waals surface area contributed by atoms with E-state index in [0.717, 1.165) is 13.0 Å². The van der Waals surface area contributed by atoms with Crippen LogP contribution in [0.4, 0.5) is 5.69 Å². The molecule has 1 fully saturated rings. The highest BCUT2D eigenvalue weighted by Crippen LogP contribution is 2.28. The normalized spacial score (nSPS) is 13.5. The topological polar surface area (TPSA) is 97.0 Å². The molecule has 1 heterocycles. The number of nitrogens with one attached hydrogen (secondary N) is 2. The van der Waals surface area contributed by atoms with E-state index in [0.29, 0.717) is 43.1 Å². The van der Waals surface area contributed by atoms with Gasteiger partial charge in [-0.15, -0.1) is 0 Å². The van der Waals surface area contributed by atoms with Gasteiger partial charge in [-0.2, -0.15) is 0 Å². The number of hydrogen-bond donors (Lipinski definition) is 2. The van der Waals surface area contributed by atoms with Crippen molar-refractivity contribution >= 4 is 23.4 Å². The molecular formula is C17H23N3O5. The van der Waals surface area contributed by atoms with E-state index in [9.17, 15) is 14.4 Å². The van der Waals surface area contributed by atoms with Gasteiger partial charge in [0.05, 0.1) is 19.9 Å². The number of nitrogens with zero attached hydrogens (tertiary/aromatic N) is 1. The summed E-state index contributed by atoms with van der Waals surface area (Å²) >= 11 is 0. The highest BCUT2D eigenvalue weighted by Gasteiger charge is 2.20. The molecule has 0 aliphatic carbocycles. The van der Waals surface area contributed by atoms with Crippen molar-refractivity contribution in [3.8, 4) is 11.5 Å². The van der Waals surface area contributed by atoms with Crippen LogP contribution in [0.5, 0.6) is 11.5 Å². The summed E-state index contributed by atoms with van der Waals surface area (Å²) in [6.45, 7) is 1.69. The zero-order chi connectivity index (χ0) is 18.2. The first-order valence-corrected chi connectivity index (χ1v) is 8.14. The number of ether oxygens (including phenoxy) is 2. The number of anilines is 1. The molecule has 25 heavy (non-hydrogen) atoms. The first-order chi connectivity index (χ1) is 12.0. The minimum atomic E-state index is -0.777. The fourth-order valence-electron chi connectivity index (χ4n) is 2.57. The first-order valence-electron chi connectivity index (χ1n) is 8.14. The molecule has 0 aromatic heterocycles. The van der Waals surface area contributed by atoms with Gasteiger partial charge >= 0.3 is 11.8 Å². The van der Waals surface area contributed by atoms with E-state index in [4.69, 9.17) is 9.47 Å². The highest BCUT2D eigenvalue weighted by molar-refractivity contribution is 6.39. The van der Waals surface area contributed by atoms with Gasteiger partial charge < -0.3 is 25.0 Å². The van der Waals surface area contributed by atoms with Gasteiger partial charge in [-0.05, 0) is 25.0 Å². The van der Waals surface area contributed by atoms with Crippen LogP contribution < -0.4 is 20.1 Å². The number of carbonyl (C=O) groups excluding carboxylic acids is 3. The second-order valence-corrected chi connectivity index (χ2v) is 5.61. The van der Waals surface area contributed by atoms with E-state index in [-0.39, 0.29) is 5.91 Å². The largest absolute Gasteiger partial charge is 0.497 e. The Bertz CT molecular complexity index is 647. The Morgan fingerprint density at radius 3 is 2.64 bits per heavy atom. The van der Waals surface area contributed by atoms with Gasteiger partial charge in [-0.25, -0.2) is 0 Å². The van der Waals surface area contributed by atoms with Crippen molar-refractivity contribution in [2.24, 2.45) is 0 Å². The molecule has 3 amide bonds. The Morgan fingerprint density at radius 1 is 1.20 bits per heavy atom. The molecule has 0 saturated carbocycles. The third kappa shape index (κ3) is 5.10. The van der Waals surface area contributed by atoms with Gasteiger partial charge in [0.2, 0.25) is 5.91 Å². The van der Waals surface area contributed by atoms with E-state index >= 15 is 0 Å². The predicted molar refractivity (Wildman–Crippen MR) is 91.6 cm³/mol. The number of carbonyl (C=O) groups is 3. The third-order valence-corrected chi connectivity index (χ3v) is 3.92. The van der Waals surface area contributed by atoms with Crippen LogP contribution in [0, 0.1) is 0 Å². The highest BCUT2D eigenvalue weighted by atomic mass is 16.5. The molecular weight excluding hydrogens is 326 g/mol. The molecule has 0 bridgehead atoms. The molecule has 1 aromatic rings. The summed E-state index contributed by atoms with van der Waals surface area (Å²) in [5.41, 5.74) is 0.381. The van der Waals surface area contributed by atoms with Crippen LogP contribution in [0.15, 0.2) is 18.2 Å². The Labute approximate surface area is 146 Å². The summed E-state index contributed by atoms with van der Waals surface area (Å²) in [5.74, 6) is -0.384. The predicted octanol–water partition coefficient (Wildman–Crippen LogP) is 0.771. The quantitative estimate of drug-likeness (QED) is 0.560. The maximum absolute atomic E-state index is 12.0. The molecule has 0 spiro atoms. The summed E-state index contributed by atoms with van der Waals surface area (Å²) in [6.07, 6.45) is 2.09. The summed E-state index contributed by atoms with van der Waals surface area (Å²) in [4.78, 5) is 37.1. The molecule has 8 nitrogen and oxygen atoms in total. The van der Waals surface area contributed by atoms with Crippen LogP contribution in [0.25, 0.3) is 0 Å². The van der Waals surface area contributed by atoms with Gasteiger partial charge in [0, 0.05) is 32.1 Å². The number of benzene rings is 1. The van der Waals surface area contributed by atoms with Crippen LogP contribution in [0.2, 0.25) is 0 Å². The Hall–Kier alpha value is -2.77. The average Bonchev–Trinajstić information content (AvgIpc) is 3.03. The zero-order valence-electron chi connectivity index (χ0n) is 14.5. The SMILES string of the molecule is COc1ccc(NC(=O)C(=O)NCCCN2CCCC2=O)c(OC)c1. The van der Waals surface area contributed by atoms with Gasteiger partial charge in [-0.1, -0.05) is 0 Å². The lowest BCUT2D eigenvalue weighted by molar-refractivity contribution is -0.136. The summed E-state index contributed by atoms with van der Waals surface area (Å²) < 4.78 is 10.2. The minimum Gasteiger partial charge on any atom is -0.497 e. The number of rotatable bonds is 7. The smallest absolute Gasteiger partial charge is 0.313 e. The van der Waals surface area contributed by atoms with Crippen LogP contribution in [-0.4, -0.2) is 56.5 Å². The van der Waals surface area contributed by atoms with Crippen LogP contribution in [0.3, 0.4) is 0 Å². The lowest BCUT2D eigenvalue weighted by atomic mass is 10.2. The molecule has 1 aromatic carbocycles. The second kappa shape index (κ2) is 8.91. The number of amides is 3. The van der Waals surface area contributed by atoms with Crippen molar-refractivity contribution in [2.75, 3.05) is 39.2 Å². The molecule has 2 rings (SSSR count). The number of methoxy groups -OCH3 is 2. The molecule has 8 heteroatoms. The van der Waals surface area contributed by atoms with Crippen molar-refractivity contribution in [3.05, 3.63) is 18.2 Å². The van der Waals surface area contributed by atoms with Crippen molar-refractivity contribution in [3.63, 3.8) is 0 Å². The van der Waals surface area contributed by atoms with E-state index < -0.39 is 11.8 Å². The number of likely N-dealkylation sites (tertiary alicyclic amines) is 1. The average molecular weight is 349 g/mol. The van der Waals surface area contributed by atoms with E-state index in [2.05, 4.69) is 10.6 Å². The molecule has 0 radical (unpaired) electrons. The van der Waals surface area contributed by atoms with Gasteiger partial charge in [0.1, 0.15) is 11.5 Å². The maximum atomic E-state index is 12.0. The molecule has 0 atom stereocenters. The van der Waals surface area contributed by atoms with Crippen molar-refractivity contribution in [2.45, 2.75) is 19.3 Å². The summed E-state index contributed by atoms with van der Waals surface area (Å²) in [5, 5.41) is 5.05. The maximum Gasteiger partial charge on any atom is 0.313 e. The molecule has 2 N–H and O–H groups in total. The molecule has 1 aliphatic heterocycles. The Morgan fingerprint density at radius 2 is 2.00 bits per heavy atom.